The molecule has 1 aliphatic heterocycles. The molecule has 0 bridgehead atoms. The summed E-state index contributed by atoms with van der Waals surface area (Å²) in [6.07, 6.45) is 2.75. The molecule has 1 unspecified atom stereocenters. The minimum atomic E-state index is -0.576. The van der Waals surface area contributed by atoms with Gasteiger partial charge in [-0.05, 0) is 66.6 Å². The maximum Gasteiger partial charge on any atom is 0.275 e. The third kappa shape index (κ3) is 3.93. The first-order valence-corrected chi connectivity index (χ1v) is 12.1. The van der Waals surface area contributed by atoms with E-state index in [1.165, 1.54) is 0 Å². The number of carbonyl (C=O) groups is 1. The molecule has 1 atom stereocenters. The summed E-state index contributed by atoms with van der Waals surface area (Å²) in [5, 5.41) is 4.54. The number of amides is 1. The van der Waals surface area contributed by atoms with Crippen LogP contribution in [0.2, 0.25) is 5.02 Å². The van der Waals surface area contributed by atoms with E-state index in [1.54, 1.807) is 16.3 Å². The number of hydrogen-bond acceptors (Lipinski definition) is 4. The molecule has 1 aliphatic carbocycles. The van der Waals surface area contributed by atoms with Crippen molar-refractivity contribution in [3.63, 3.8) is 0 Å². The molecule has 1 amide bonds. The summed E-state index contributed by atoms with van der Waals surface area (Å²) in [4.78, 5) is 26.4. The molecule has 3 N–H and O–H groups in total. The number of pyridine rings is 1. The number of aryl methyl sites for hydroxylation is 1. The highest BCUT2D eigenvalue weighted by atomic mass is 35.5. The van der Waals surface area contributed by atoms with E-state index in [9.17, 15) is 9.59 Å². The summed E-state index contributed by atoms with van der Waals surface area (Å²) in [5.74, 6) is 0.734. The van der Waals surface area contributed by atoms with Crippen molar-refractivity contribution in [3.05, 3.63) is 86.2 Å². The number of rotatable bonds is 5. The number of nitrogens with one attached hydrogen (secondary N) is 1. The van der Waals surface area contributed by atoms with Gasteiger partial charge in [0.05, 0.1) is 5.03 Å². The molecule has 1 saturated carbocycles. The van der Waals surface area contributed by atoms with Gasteiger partial charge in [0.15, 0.2) is 0 Å². The van der Waals surface area contributed by atoms with Crippen LogP contribution < -0.4 is 16.6 Å². The van der Waals surface area contributed by atoms with Crippen molar-refractivity contribution in [3.8, 4) is 0 Å². The Morgan fingerprint density at radius 3 is 2.50 bits per heavy atom. The molecule has 1 aromatic heterocycles. The van der Waals surface area contributed by atoms with Crippen LogP contribution in [-0.4, -0.2) is 16.2 Å². The molecular weight excluding hydrogens is 442 g/mol. The largest absolute Gasteiger partial charge is 0.394 e. The first-order chi connectivity index (χ1) is 15.4. The third-order valence-electron chi connectivity index (χ3n) is 6.14. The van der Waals surface area contributed by atoms with Gasteiger partial charge in [0.1, 0.15) is 11.7 Å². The summed E-state index contributed by atoms with van der Waals surface area (Å²) in [5.41, 5.74) is 11.4. The van der Waals surface area contributed by atoms with Gasteiger partial charge in [-0.25, -0.2) is 0 Å². The van der Waals surface area contributed by atoms with Gasteiger partial charge in [0.2, 0.25) is 5.91 Å². The summed E-state index contributed by atoms with van der Waals surface area (Å²) in [6.45, 7) is 2.00. The molecule has 2 aliphatic rings. The van der Waals surface area contributed by atoms with Crippen molar-refractivity contribution in [1.29, 1.82) is 0 Å². The smallest absolute Gasteiger partial charge is 0.275 e. The van der Waals surface area contributed by atoms with Crippen molar-refractivity contribution in [2.24, 2.45) is 0 Å². The van der Waals surface area contributed by atoms with Gasteiger partial charge in [-0.15, -0.1) is 11.8 Å². The van der Waals surface area contributed by atoms with Crippen LogP contribution in [0.1, 0.15) is 47.1 Å². The normalized spacial score (nSPS) is 17.2. The van der Waals surface area contributed by atoms with Crippen molar-refractivity contribution in [2.45, 2.75) is 43.2 Å². The van der Waals surface area contributed by atoms with E-state index >= 15 is 0 Å². The number of thioether (sulfide) groups is 1. The Bertz CT molecular complexity index is 1250. The average molecular weight is 466 g/mol. The van der Waals surface area contributed by atoms with E-state index in [-0.39, 0.29) is 17.2 Å². The van der Waals surface area contributed by atoms with E-state index < -0.39 is 6.04 Å². The SMILES string of the molecule is Cc1ccc(NC(=O)C2CSc3c(C4CC4)c(Cc4ccc(Cl)cc4)c(N)c(=O)n32)cc1. The standard InChI is InChI=1S/C25H24ClN3O2S/c1-14-2-10-18(11-3-14)28-23(30)20-13-32-25-21(16-6-7-16)19(22(27)24(31)29(20)25)12-15-4-8-17(26)9-5-15/h2-5,8-11,16,20H,6-7,12-13,27H2,1H3,(H,28,30). The number of fused-ring (bicyclic) bond motifs is 1. The number of hydrogen-bond donors (Lipinski definition) is 2. The molecule has 0 spiro atoms. The van der Waals surface area contributed by atoms with Crippen LogP contribution in [-0.2, 0) is 11.2 Å². The van der Waals surface area contributed by atoms with Gasteiger partial charge >= 0.3 is 0 Å². The Hall–Kier alpha value is -2.70. The first-order valence-electron chi connectivity index (χ1n) is 10.7. The number of nitrogens with two attached hydrogens (primary N) is 1. The minimum absolute atomic E-state index is 0.186. The third-order valence-corrected chi connectivity index (χ3v) is 7.56. The van der Waals surface area contributed by atoms with Crippen LogP contribution >= 0.6 is 23.4 Å². The van der Waals surface area contributed by atoms with Crippen LogP contribution in [0.25, 0.3) is 0 Å². The van der Waals surface area contributed by atoms with E-state index in [1.807, 2.05) is 55.5 Å². The highest BCUT2D eigenvalue weighted by Crippen LogP contribution is 2.49. The number of halogens is 1. The van der Waals surface area contributed by atoms with Crippen LogP contribution in [0.5, 0.6) is 0 Å². The van der Waals surface area contributed by atoms with Crippen molar-refractivity contribution in [1.82, 2.24) is 4.57 Å². The Kier molecular flexibility index (Phi) is 5.51. The molecule has 1 fully saturated rings. The fraction of sp³-hybridized carbons (Fsp3) is 0.280. The van der Waals surface area contributed by atoms with Crippen LogP contribution in [0.4, 0.5) is 11.4 Å². The van der Waals surface area contributed by atoms with Gasteiger partial charge in [0.25, 0.3) is 5.56 Å². The van der Waals surface area contributed by atoms with E-state index in [0.717, 1.165) is 45.8 Å². The Labute approximate surface area is 196 Å². The fourth-order valence-electron chi connectivity index (χ4n) is 4.26. The minimum Gasteiger partial charge on any atom is -0.394 e. The van der Waals surface area contributed by atoms with E-state index in [4.69, 9.17) is 17.3 Å². The predicted octanol–water partition coefficient (Wildman–Crippen LogP) is 5.15. The molecule has 2 heterocycles. The molecule has 0 radical (unpaired) electrons. The van der Waals surface area contributed by atoms with Gasteiger partial charge < -0.3 is 11.1 Å². The second-order valence-corrected chi connectivity index (χ2v) is 9.99. The van der Waals surface area contributed by atoms with Crippen molar-refractivity contribution < 1.29 is 4.79 Å². The topological polar surface area (TPSA) is 77.1 Å². The molecule has 7 heteroatoms. The van der Waals surface area contributed by atoms with Crippen molar-refractivity contribution in [2.75, 3.05) is 16.8 Å². The van der Waals surface area contributed by atoms with E-state index in [0.29, 0.717) is 23.1 Å². The van der Waals surface area contributed by atoms with Gasteiger partial charge in [0, 0.05) is 22.9 Å². The Balaban J connectivity index is 1.52. The lowest BCUT2D eigenvalue weighted by Crippen LogP contribution is -2.34. The number of nitrogen functional groups attached to an aromatic ring is 1. The second kappa shape index (κ2) is 8.34. The molecule has 164 valence electrons. The Morgan fingerprint density at radius 1 is 1.16 bits per heavy atom. The quantitative estimate of drug-likeness (QED) is 0.546. The summed E-state index contributed by atoms with van der Waals surface area (Å²) >= 11 is 7.62. The number of carbonyl (C=O) groups excluding carboxylic acids is 1. The molecule has 32 heavy (non-hydrogen) atoms. The van der Waals surface area contributed by atoms with Crippen molar-refractivity contribution >= 4 is 40.6 Å². The first kappa shape index (κ1) is 21.2. The fourth-order valence-corrected chi connectivity index (χ4v) is 5.80. The number of nitrogens with zero attached hydrogens (tertiary/aromatic N) is 1. The average Bonchev–Trinajstić information content (AvgIpc) is 3.52. The molecule has 5 rings (SSSR count). The van der Waals surface area contributed by atoms with Gasteiger partial charge in [-0.2, -0.15) is 0 Å². The van der Waals surface area contributed by atoms with E-state index in [2.05, 4.69) is 5.32 Å². The lowest BCUT2D eigenvalue weighted by atomic mass is 9.96. The summed E-state index contributed by atoms with van der Waals surface area (Å²) in [7, 11) is 0. The van der Waals surface area contributed by atoms with Gasteiger partial charge in [-0.3, -0.25) is 14.2 Å². The lowest BCUT2D eigenvalue weighted by Gasteiger charge is -2.20. The summed E-state index contributed by atoms with van der Waals surface area (Å²) < 4.78 is 1.63. The van der Waals surface area contributed by atoms with Crippen LogP contribution in [0, 0.1) is 6.92 Å². The number of anilines is 2. The van der Waals surface area contributed by atoms with Crippen LogP contribution in [0.15, 0.2) is 58.4 Å². The van der Waals surface area contributed by atoms with Crippen LogP contribution in [0.3, 0.4) is 0 Å². The molecule has 0 saturated heterocycles. The molecule has 3 aromatic rings. The zero-order valence-electron chi connectivity index (χ0n) is 17.7. The summed E-state index contributed by atoms with van der Waals surface area (Å²) in [6, 6.07) is 14.7. The highest BCUT2D eigenvalue weighted by molar-refractivity contribution is 7.99. The number of aromatic nitrogens is 1. The maximum atomic E-state index is 13.4. The van der Waals surface area contributed by atoms with Gasteiger partial charge in [-0.1, -0.05) is 41.4 Å². The highest BCUT2D eigenvalue weighted by Gasteiger charge is 2.39. The molecule has 5 nitrogen and oxygen atoms in total. The zero-order chi connectivity index (χ0) is 22.4. The predicted molar refractivity (Wildman–Crippen MR) is 131 cm³/mol. The maximum absolute atomic E-state index is 13.4. The monoisotopic (exact) mass is 465 g/mol. The zero-order valence-corrected chi connectivity index (χ0v) is 19.3. The Morgan fingerprint density at radius 2 is 1.84 bits per heavy atom. The lowest BCUT2D eigenvalue weighted by molar-refractivity contribution is -0.118. The number of benzene rings is 2. The second-order valence-electron chi connectivity index (χ2n) is 8.55. The molecule has 2 aromatic carbocycles. The molecular formula is C25H24ClN3O2S.